The Labute approximate surface area is 160 Å². The van der Waals surface area contributed by atoms with Gasteiger partial charge in [0.1, 0.15) is 4.21 Å². The first kappa shape index (κ1) is 21.5. The molecule has 2 fully saturated rings. The van der Waals surface area contributed by atoms with Gasteiger partial charge in [0.25, 0.3) is 15.9 Å². The lowest BCUT2D eigenvalue weighted by Crippen LogP contribution is -2.40. The van der Waals surface area contributed by atoms with Gasteiger partial charge in [0.05, 0.1) is 32.3 Å². The van der Waals surface area contributed by atoms with E-state index < -0.39 is 40.9 Å². The number of amides is 1. The molecule has 2 aliphatic heterocycles. The first-order chi connectivity index (χ1) is 11.8. The maximum Gasteiger partial charge on any atom is 0.262 e. The van der Waals surface area contributed by atoms with Crippen LogP contribution in [0.3, 0.4) is 0 Å². The molecule has 1 amide bonds. The van der Waals surface area contributed by atoms with Gasteiger partial charge in [0, 0.05) is 24.4 Å². The van der Waals surface area contributed by atoms with Crippen LogP contribution >= 0.6 is 23.7 Å². The fourth-order valence-corrected chi connectivity index (χ4v) is 5.56. The average molecular weight is 432 g/mol. The van der Waals surface area contributed by atoms with E-state index in [0.29, 0.717) is 31.2 Å². The van der Waals surface area contributed by atoms with E-state index in [4.69, 9.17) is 4.74 Å². The Balaban J connectivity index is 0.00000243. The Bertz CT molecular complexity index is 738. The van der Waals surface area contributed by atoms with Crippen LogP contribution < -0.4 is 10.6 Å². The number of hydrogen-bond acceptors (Lipinski definition) is 6. The Morgan fingerprint density at radius 1 is 1.38 bits per heavy atom. The monoisotopic (exact) mass is 431 g/mol. The summed E-state index contributed by atoms with van der Waals surface area (Å²) in [6.45, 7) is 0.957. The first-order valence-electron chi connectivity index (χ1n) is 7.83. The van der Waals surface area contributed by atoms with E-state index in [1.165, 1.54) is 10.4 Å². The van der Waals surface area contributed by atoms with Gasteiger partial charge in [-0.25, -0.2) is 17.2 Å². The smallest absolute Gasteiger partial charge is 0.262 e. The third kappa shape index (κ3) is 4.90. The van der Waals surface area contributed by atoms with Gasteiger partial charge < -0.3 is 10.1 Å². The zero-order valence-electron chi connectivity index (χ0n) is 13.7. The van der Waals surface area contributed by atoms with Crippen LogP contribution in [0, 0.1) is 0 Å². The lowest BCUT2D eigenvalue weighted by atomic mass is 10.2. The number of rotatable bonds is 5. The number of nitrogens with one attached hydrogen (secondary N) is 2. The highest BCUT2D eigenvalue weighted by molar-refractivity contribution is 7.91. The molecule has 7 nitrogen and oxygen atoms in total. The molecule has 3 heterocycles. The molecule has 2 saturated heterocycles. The number of sulfonamides is 1. The molecule has 12 heteroatoms. The van der Waals surface area contributed by atoms with Crippen molar-refractivity contribution in [1.29, 1.82) is 0 Å². The number of thiophene rings is 1. The number of carbonyl (C=O) groups excluding carboxylic acids is 1. The van der Waals surface area contributed by atoms with Crippen LogP contribution in [-0.4, -0.2) is 63.4 Å². The quantitative estimate of drug-likeness (QED) is 0.720. The number of ether oxygens (including phenoxy) is 1. The van der Waals surface area contributed by atoms with Crippen molar-refractivity contribution in [3.8, 4) is 0 Å². The summed E-state index contributed by atoms with van der Waals surface area (Å²) in [4.78, 5) is 12.6. The van der Waals surface area contributed by atoms with Gasteiger partial charge in [-0.1, -0.05) is 0 Å². The second kappa shape index (κ2) is 8.44. The summed E-state index contributed by atoms with van der Waals surface area (Å²) in [5, 5.41) is 5.05. The summed E-state index contributed by atoms with van der Waals surface area (Å²) >= 11 is 1.06. The lowest BCUT2D eigenvalue weighted by molar-refractivity contribution is -0.123. The van der Waals surface area contributed by atoms with Gasteiger partial charge in [-0.3, -0.25) is 10.1 Å². The van der Waals surface area contributed by atoms with Crippen molar-refractivity contribution in [3.05, 3.63) is 17.0 Å². The number of hydrogen-bond donors (Lipinski definition) is 2. The Morgan fingerprint density at radius 2 is 2.08 bits per heavy atom. The van der Waals surface area contributed by atoms with Crippen molar-refractivity contribution in [2.24, 2.45) is 0 Å². The second-order valence-electron chi connectivity index (χ2n) is 5.95. The Morgan fingerprint density at radius 3 is 2.69 bits per heavy atom. The molecule has 0 spiro atoms. The largest absolute Gasteiger partial charge is 0.379 e. The predicted molar refractivity (Wildman–Crippen MR) is 94.3 cm³/mol. The molecule has 1 unspecified atom stereocenters. The predicted octanol–water partition coefficient (Wildman–Crippen LogP) is 0.804. The Hall–Kier alpha value is -0.850. The first-order valence-corrected chi connectivity index (χ1v) is 10.1. The molecular weight excluding hydrogens is 412 g/mol. The maximum absolute atomic E-state index is 13.1. The van der Waals surface area contributed by atoms with Gasteiger partial charge in [0.15, 0.2) is 0 Å². The van der Waals surface area contributed by atoms with Gasteiger partial charge in [0.2, 0.25) is 5.91 Å². The highest BCUT2D eigenvalue weighted by atomic mass is 35.5. The molecule has 1 atom stereocenters. The Kier molecular flexibility index (Phi) is 6.97. The fraction of sp³-hybridized carbons (Fsp3) is 0.643. The molecule has 2 aliphatic rings. The standard InChI is InChI=1S/C14H19F2N3O4S2.ClH/c15-14(16)7-11(18-9-14)13(20)17-8-10-1-2-12(24-10)25(21,22)19-3-5-23-6-4-19;/h1-2,11,18H,3-9H2,(H,17,20);1H. The molecule has 2 N–H and O–H groups in total. The van der Waals surface area contributed by atoms with Crippen LogP contribution in [0.1, 0.15) is 11.3 Å². The van der Waals surface area contributed by atoms with Crippen molar-refractivity contribution in [2.75, 3.05) is 32.8 Å². The van der Waals surface area contributed by atoms with Crippen molar-refractivity contribution < 1.29 is 26.7 Å². The van der Waals surface area contributed by atoms with E-state index in [0.717, 1.165) is 11.3 Å². The van der Waals surface area contributed by atoms with Crippen LogP contribution in [0.2, 0.25) is 0 Å². The van der Waals surface area contributed by atoms with Gasteiger partial charge in [-0.2, -0.15) is 4.31 Å². The molecule has 0 bridgehead atoms. The van der Waals surface area contributed by atoms with Gasteiger partial charge in [-0.15, -0.1) is 23.7 Å². The van der Waals surface area contributed by atoms with Crippen molar-refractivity contribution in [3.63, 3.8) is 0 Å². The summed E-state index contributed by atoms with van der Waals surface area (Å²) < 4.78 is 58.0. The maximum atomic E-state index is 13.1. The minimum Gasteiger partial charge on any atom is -0.379 e. The van der Waals surface area contributed by atoms with Gasteiger partial charge in [-0.05, 0) is 12.1 Å². The zero-order valence-corrected chi connectivity index (χ0v) is 16.2. The topological polar surface area (TPSA) is 87.7 Å². The molecule has 0 radical (unpaired) electrons. The summed E-state index contributed by atoms with van der Waals surface area (Å²) in [6.07, 6.45) is -0.528. The van der Waals surface area contributed by atoms with E-state index >= 15 is 0 Å². The minimum atomic E-state index is -3.56. The molecule has 26 heavy (non-hydrogen) atoms. The zero-order chi connectivity index (χ0) is 18.1. The highest BCUT2D eigenvalue weighted by Gasteiger charge is 2.42. The number of nitrogens with zero attached hydrogens (tertiary/aromatic N) is 1. The summed E-state index contributed by atoms with van der Waals surface area (Å²) in [7, 11) is -3.56. The molecule has 1 aromatic rings. The third-order valence-electron chi connectivity index (χ3n) is 4.06. The van der Waals surface area contributed by atoms with E-state index in [2.05, 4.69) is 10.6 Å². The van der Waals surface area contributed by atoms with Crippen molar-refractivity contribution in [2.45, 2.75) is 29.1 Å². The number of halogens is 3. The summed E-state index contributed by atoms with van der Waals surface area (Å²) in [5.41, 5.74) is 0. The second-order valence-corrected chi connectivity index (χ2v) is 9.28. The summed E-state index contributed by atoms with van der Waals surface area (Å²) in [6, 6.07) is 2.19. The lowest BCUT2D eigenvalue weighted by Gasteiger charge is -2.25. The molecule has 1 aromatic heterocycles. The van der Waals surface area contributed by atoms with E-state index in [9.17, 15) is 22.0 Å². The SMILES string of the molecule is Cl.O=C(NCc1ccc(S(=O)(=O)N2CCOCC2)s1)C1CC(F)(F)CN1. The van der Waals surface area contributed by atoms with Crippen LogP contribution in [0.4, 0.5) is 8.78 Å². The molecule has 0 aromatic carbocycles. The normalized spacial score (nSPS) is 23.4. The van der Waals surface area contributed by atoms with E-state index in [1.54, 1.807) is 6.07 Å². The highest BCUT2D eigenvalue weighted by Crippen LogP contribution is 2.27. The van der Waals surface area contributed by atoms with Gasteiger partial charge >= 0.3 is 0 Å². The molecular formula is C14H20ClF2N3O4S2. The van der Waals surface area contributed by atoms with Crippen LogP contribution in [-0.2, 0) is 26.1 Å². The van der Waals surface area contributed by atoms with Crippen LogP contribution in [0.15, 0.2) is 16.3 Å². The molecule has 3 rings (SSSR count). The third-order valence-corrected chi connectivity index (χ3v) is 7.52. The number of carbonyl (C=O) groups is 1. The minimum absolute atomic E-state index is 0. The molecule has 0 saturated carbocycles. The van der Waals surface area contributed by atoms with Crippen molar-refractivity contribution in [1.82, 2.24) is 14.9 Å². The fourth-order valence-electron chi connectivity index (χ4n) is 2.70. The van der Waals surface area contributed by atoms with Crippen LogP contribution in [0.5, 0.6) is 0 Å². The summed E-state index contributed by atoms with van der Waals surface area (Å²) in [5.74, 6) is -3.38. The molecule has 0 aliphatic carbocycles. The van der Waals surface area contributed by atoms with Crippen LogP contribution in [0.25, 0.3) is 0 Å². The number of morpholine rings is 1. The average Bonchev–Trinajstić information content (AvgIpc) is 3.20. The molecule has 148 valence electrons. The van der Waals surface area contributed by atoms with E-state index in [-0.39, 0.29) is 23.2 Å². The number of alkyl halides is 2. The van der Waals surface area contributed by atoms with E-state index in [1.807, 2.05) is 0 Å². The van der Waals surface area contributed by atoms with Crippen molar-refractivity contribution >= 4 is 39.7 Å².